The molecule has 0 spiro atoms. The molecule has 0 amide bonds. The second kappa shape index (κ2) is 12.7. The Balaban J connectivity index is 1.47. The van der Waals surface area contributed by atoms with Crippen LogP contribution in [0.5, 0.6) is 0 Å². The number of hydrogen-bond acceptors (Lipinski definition) is 0. The zero-order valence-corrected chi connectivity index (χ0v) is 24.4. The molecular formula is C38H34P2. The molecule has 2 heteroatoms. The van der Waals surface area contributed by atoms with Gasteiger partial charge in [0.2, 0.25) is 0 Å². The van der Waals surface area contributed by atoms with E-state index in [0.717, 1.165) is 12.3 Å². The standard InChI is InChI=1S/C38H34P2/c1-6-18-32(19-7-1)38(31-40(36-25-12-4-13-26-36)37-27-14-5-15-28-37)29-17-16-20-33(38)30-39(34-21-8-2-9-22-34)35-23-10-3-11-24-35/h1-29,33H,30-31H2/t33-,38+/m0/s1. The van der Waals surface area contributed by atoms with Crippen molar-refractivity contribution in [3.8, 4) is 0 Å². The van der Waals surface area contributed by atoms with Crippen molar-refractivity contribution in [1.29, 1.82) is 0 Å². The van der Waals surface area contributed by atoms with Crippen molar-refractivity contribution in [2.45, 2.75) is 5.41 Å². The Morgan fingerprint density at radius 3 is 1.30 bits per heavy atom. The Labute approximate surface area is 241 Å². The molecule has 0 bridgehead atoms. The number of rotatable bonds is 9. The average Bonchev–Trinajstić information content (AvgIpc) is 3.05. The molecule has 40 heavy (non-hydrogen) atoms. The lowest BCUT2D eigenvalue weighted by molar-refractivity contribution is 0.470. The van der Waals surface area contributed by atoms with Gasteiger partial charge in [0.1, 0.15) is 0 Å². The minimum absolute atomic E-state index is 0.114. The van der Waals surface area contributed by atoms with E-state index in [1.165, 1.54) is 26.8 Å². The zero-order valence-electron chi connectivity index (χ0n) is 22.6. The van der Waals surface area contributed by atoms with Gasteiger partial charge in [-0.25, -0.2) is 0 Å². The Bertz CT molecular complexity index is 1450. The van der Waals surface area contributed by atoms with Gasteiger partial charge < -0.3 is 0 Å². The highest BCUT2D eigenvalue weighted by atomic mass is 31.1. The van der Waals surface area contributed by atoms with Crippen molar-refractivity contribution < 1.29 is 0 Å². The second-order valence-electron chi connectivity index (χ2n) is 10.3. The molecular weight excluding hydrogens is 518 g/mol. The monoisotopic (exact) mass is 552 g/mol. The van der Waals surface area contributed by atoms with E-state index in [-0.39, 0.29) is 5.41 Å². The van der Waals surface area contributed by atoms with Gasteiger partial charge in [-0.15, -0.1) is 0 Å². The van der Waals surface area contributed by atoms with Gasteiger partial charge in [-0.3, -0.25) is 0 Å². The van der Waals surface area contributed by atoms with Crippen LogP contribution in [0.2, 0.25) is 0 Å². The highest BCUT2D eigenvalue weighted by molar-refractivity contribution is 7.73. The molecule has 5 aromatic rings. The van der Waals surface area contributed by atoms with E-state index in [0.29, 0.717) is 5.92 Å². The molecule has 1 aliphatic rings. The third-order valence-corrected chi connectivity index (χ3v) is 13.2. The van der Waals surface area contributed by atoms with Crippen molar-refractivity contribution in [1.82, 2.24) is 0 Å². The molecule has 0 nitrogen and oxygen atoms in total. The average molecular weight is 553 g/mol. The summed E-state index contributed by atoms with van der Waals surface area (Å²) in [6.07, 6.45) is 11.8. The Morgan fingerprint density at radius 1 is 0.450 bits per heavy atom. The molecule has 0 saturated carbocycles. The van der Waals surface area contributed by atoms with Crippen LogP contribution in [0, 0.1) is 5.92 Å². The van der Waals surface area contributed by atoms with Crippen LogP contribution in [-0.4, -0.2) is 12.3 Å². The first-order chi connectivity index (χ1) is 19.8. The van der Waals surface area contributed by atoms with Crippen LogP contribution in [0.4, 0.5) is 0 Å². The maximum atomic E-state index is 2.53. The van der Waals surface area contributed by atoms with E-state index in [9.17, 15) is 0 Å². The maximum absolute atomic E-state index is 2.53. The number of benzene rings is 5. The molecule has 6 rings (SSSR count). The van der Waals surface area contributed by atoms with Crippen molar-refractivity contribution >= 4 is 37.1 Å². The minimum Gasteiger partial charge on any atom is -0.0798 e. The lowest BCUT2D eigenvalue weighted by Gasteiger charge is -2.43. The largest absolute Gasteiger partial charge is 0.0798 e. The van der Waals surface area contributed by atoms with Crippen LogP contribution in [0.3, 0.4) is 0 Å². The SMILES string of the molecule is C1=C[C@@H](CP(c2ccccc2)c2ccccc2)[C@](CP(c2ccccc2)c2ccccc2)(c2ccccc2)C=C1. The molecule has 0 saturated heterocycles. The molecule has 0 aliphatic heterocycles. The van der Waals surface area contributed by atoms with Gasteiger partial charge in [0.25, 0.3) is 0 Å². The van der Waals surface area contributed by atoms with Gasteiger partial charge >= 0.3 is 0 Å². The minimum atomic E-state index is -0.584. The summed E-state index contributed by atoms with van der Waals surface area (Å²) in [7, 11) is -1.12. The van der Waals surface area contributed by atoms with Crippen LogP contribution in [0.15, 0.2) is 176 Å². The lowest BCUT2D eigenvalue weighted by Crippen LogP contribution is -2.41. The molecule has 2 atom stereocenters. The van der Waals surface area contributed by atoms with Gasteiger partial charge in [0.05, 0.1) is 0 Å². The molecule has 196 valence electrons. The van der Waals surface area contributed by atoms with Gasteiger partial charge in [0.15, 0.2) is 0 Å². The van der Waals surface area contributed by atoms with Gasteiger partial charge in [-0.05, 0) is 60.9 Å². The van der Waals surface area contributed by atoms with E-state index >= 15 is 0 Å². The predicted molar refractivity (Wildman–Crippen MR) is 178 cm³/mol. The molecule has 0 fully saturated rings. The maximum Gasteiger partial charge on any atom is 0.0246 e. The summed E-state index contributed by atoms with van der Waals surface area (Å²) in [5.41, 5.74) is 1.30. The first kappa shape index (κ1) is 26.7. The summed E-state index contributed by atoms with van der Waals surface area (Å²) in [5, 5.41) is 5.77. The van der Waals surface area contributed by atoms with E-state index in [2.05, 4.69) is 176 Å². The Kier molecular flexibility index (Phi) is 8.49. The summed E-state index contributed by atoms with van der Waals surface area (Å²) in [5.74, 6) is 0.365. The molecule has 0 radical (unpaired) electrons. The van der Waals surface area contributed by atoms with Crippen LogP contribution < -0.4 is 21.2 Å². The summed E-state index contributed by atoms with van der Waals surface area (Å²) >= 11 is 0. The third kappa shape index (κ3) is 5.81. The summed E-state index contributed by atoms with van der Waals surface area (Å²) in [6.45, 7) is 0. The summed E-state index contributed by atoms with van der Waals surface area (Å²) in [6, 6.07) is 56.0. The number of hydrogen-bond donors (Lipinski definition) is 0. The lowest BCUT2D eigenvalue weighted by atomic mass is 9.70. The molecule has 0 heterocycles. The molecule has 0 N–H and O–H groups in total. The van der Waals surface area contributed by atoms with Crippen molar-refractivity contribution in [2.75, 3.05) is 12.3 Å². The molecule has 5 aromatic carbocycles. The first-order valence-electron chi connectivity index (χ1n) is 14.0. The van der Waals surface area contributed by atoms with E-state index < -0.39 is 15.8 Å². The van der Waals surface area contributed by atoms with E-state index in [4.69, 9.17) is 0 Å². The highest BCUT2D eigenvalue weighted by Crippen LogP contribution is 2.51. The Hall–Kier alpha value is -3.56. The van der Waals surface area contributed by atoms with Gasteiger partial charge in [-0.2, -0.15) is 0 Å². The van der Waals surface area contributed by atoms with Crippen molar-refractivity contribution in [3.63, 3.8) is 0 Å². The van der Waals surface area contributed by atoms with Gasteiger partial charge in [-0.1, -0.05) is 176 Å². The van der Waals surface area contributed by atoms with E-state index in [1.807, 2.05) is 0 Å². The zero-order chi connectivity index (χ0) is 27.0. The topological polar surface area (TPSA) is 0 Å². The van der Waals surface area contributed by atoms with Crippen molar-refractivity contribution in [3.05, 3.63) is 182 Å². The molecule has 0 unspecified atom stereocenters. The summed E-state index contributed by atoms with van der Waals surface area (Å²) in [4.78, 5) is 0. The van der Waals surface area contributed by atoms with Crippen LogP contribution in [0.25, 0.3) is 0 Å². The third-order valence-electron chi connectivity index (χ3n) is 7.89. The van der Waals surface area contributed by atoms with E-state index in [1.54, 1.807) is 0 Å². The van der Waals surface area contributed by atoms with Crippen LogP contribution in [-0.2, 0) is 5.41 Å². The first-order valence-corrected chi connectivity index (χ1v) is 17.1. The fourth-order valence-electron chi connectivity index (χ4n) is 5.85. The molecule has 1 aliphatic carbocycles. The fraction of sp³-hybridized carbons (Fsp3) is 0.105. The summed E-state index contributed by atoms with van der Waals surface area (Å²) < 4.78 is 0. The second-order valence-corrected chi connectivity index (χ2v) is 14.8. The smallest absolute Gasteiger partial charge is 0.0246 e. The molecule has 0 aromatic heterocycles. The quantitative estimate of drug-likeness (QED) is 0.163. The van der Waals surface area contributed by atoms with Crippen LogP contribution >= 0.6 is 15.8 Å². The van der Waals surface area contributed by atoms with Gasteiger partial charge in [0, 0.05) is 5.41 Å². The van der Waals surface area contributed by atoms with Crippen LogP contribution in [0.1, 0.15) is 5.56 Å². The predicted octanol–water partition coefficient (Wildman–Crippen LogP) is 7.93. The number of allylic oxidation sites excluding steroid dienone is 4. The Morgan fingerprint density at radius 2 is 0.850 bits per heavy atom. The normalized spacial score (nSPS) is 18.3. The highest BCUT2D eigenvalue weighted by Gasteiger charge is 2.41. The van der Waals surface area contributed by atoms with Crippen molar-refractivity contribution in [2.24, 2.45) is 5.92 Å². The fourth-order valence-corrected chi connectivity index (χ4v) is 11.2.